The molecule has 176 valence electrons. The van der Waals surface area contributed by atoms with Crippen LogP contribution in [0.5, 0.6) is 0 Å². The van der Waals surface area contributed by atoms with Gasteiger partial charge in [0.2, 0.25) is 0 Å². The van der Waals surface area contributed by atoms with Gasteiger partial charge in [-0.25, -0.2) is 9.07 Å². The Balaban J connectivity index is 1.62. The van der Waals surface area contributed by atoms with Crippen LogP contribution in [-0.2, 0) is 6.54 Å². The van der Waals surface area contributed by atoms with E-state index in [9.17, 15) is 9.18 Å². The summed E-state index contributed by atoms with van der Waals surface area (Å²) in [4.78, 5) is 21.1. The number of aromatic amines is 1. The van der Waals surface area contributed by atoms with Crippen LogP contribution in [0.4, 0.5) is 4.39 Å². The zero-order valence-corrected chi connectivity index (χ0v) is 19.6. The number of pyridine rings is 1. The number of hydrogen-bond acceptors (Lipinski definition) is 6. The summed E-state index contributed by atoms with van der Waals surface area (Å²) in [6.45, 7) is 7.80. The molecule has 1 atom stereocenters. The lowest BCUT2D eigenvalue weighted by molar-refractivity contribution is 0.121. The van der Waals surface area contributed by atoms with Crippen LogP contribution in [0.25, 0.3) is 10.9 Å². The highest BCUT2D eigenvalue weighted by molar-refractivity contribution is 5.83. The molecular weight excluding hydrogens is 433 g/mol. The predicted molar refractivity (Wildman–Crippen MR) is 128 cm³/mol. The number of rotatable bonds is 5. The first kappa shape index (κ1) is 22.4. The van der Waals surface area contributed by atoms with Gasteiger partial charge >= 0.3 is 0 Å². The lowest BCUT2D eigenvalue weighted by Crippen LogP contribution is -2.47. The summed E-state index contributed by atoms with van der Waals surface area (Å²) in [7, 11) is 2.10. The third kappa shape index (κ3) is 4.36. The third-order valence-corrected chi connectivity index (χ3v) is 6.57. The van der Waals surface area contributed by atoms with E-state index in [-0.39, 0.29) is 11.4 Å². The fourth-order valence-corrected chi connectivity index (χ4v) is 4.77. The maximum atomic E-state index is 13.4. The van der Waals surface area contributed by atoms with Gasteiger partial charge in [0.15, 0.2) is 5.82 Å². The molecule has 0 saturated carbocycles. The summed E-state index contributed by atoms with van der Waals surface area (Å²) in [5.74, 6) is 0.312. The van der Waals surface area contributed by atoms with Gasteiger partial charge in [-0.2, -0.15) is 0 Å². The number of halogens is 1. The topological polar surface area (TPSA) is 82.9 Å². The number of aryl methyl sites for hydroxylation is 2. The van der Waals surface area contributed by atoms with Crippen molar-refractivity contribution in [3.63, 3.8) is 0 Å². The average Bonchev–Trinajstić information content (AvgIpc) is 3.25. The van der Waals surface area contributed by atoms with E-state index in [4.69, 9.17) is 0 Å². The lowest BCUT2D eigenvalue weighted by Gasteiger charge is -2.37. The molecule has 8 nitrogen and oxygen atoms in total. The van der Waals surface area contributed by atoms with E-state index < -0.39 is 6.04 Å². The molecule has 0 spiro atoms. The second-order valence-electron chi connectivity index (χ2n) is 9.16. The molecule has 0 bridgehead atoms. The van der Waals surface area contributed by atoms with E-state index in [1.165, 1.54) is 12.1 Å². The smallest absolute Gasteiger partial charge is 0.253 e. The normalized spacial score (nSPS) is 16.2. The van der Waals surface area contributed by atoms with E-state index in [1.807, 2.05) is 13.0 Å². The van der Waals surface area contributed by atoms with Crippen molar-refractivity contribution in [2.24, 2.45) is 0 Å². The van der Waals surface area contributed by atoms with Gasteiger partial charge in [0.1, 0.15) is 11.9 Å². The van der Waals surface area contributed by atoms with E-state index in [2.05, 4.69) is 56.4 Å². The highest BCUT2D eigenvalue weighted by Gasteiger charge is 2.32. The second kappa shape index (κ2) is 9.08. The number of piperazine rings is 1. The first-order chi connectivity index (χ1) is 16.4. The number of aromatic nitrogens is 5. The van der Waals surface area contributed by atoms with Gasteiger partial charge in [0.05, 0.1) is 12.1 Å². The number of likely N-dealkylation sites (N-methyl/N-ethyl adjacent to an activating group) is 1. The molecule has 2 aromatic carbocycles. The molecule has 1 N–H and O–H groups in total. The molecule has 9 heteroatoms. The number of nitrogens with one attached hydrogen (secondary N) is 1. The van der Waals surface area contributed by atoms with Crippen LogP contribution in [0.2, 0.25) is 0 Å². The second-order valence-corrected chi connectivity index (χ2v) is 9.16. The van der Waals surface area contributed by atoms with Gasteiger partial charge in [-0.3, -0.25) is 9.69 Å². The Bertz CT molecular complexity index is 1370. The van der Waals surface area contributed by atoms with Crippen molar-refractivity contribution < 1.29 is 4.39 Å². The first-order valence-corrected chi connectivity index (χ1v) is 11.5. The summed E-state index contributed by atoms with van der Waals surface area (Å²) in [5.41, 5.74) is 4.39. The number of nitrogens with zero attached hydrogens (tertiary/aromatic N) is 6. The molecule has 0 radical (unpaired) electrons. The highest BCUT2D eigenvalue weighted by Crippen LogP contribution is 2.29. The molecule has 1 fully saturated rings. The standard InChI is InChI=1S/C25H28FN7O/c1-16-12-17(2)22-19(13-16)14-21(25(34)27-22)23(32-10-8-31(3)9-11-32)24-28-29-30-33(24)15-18-4-6-20(26)7-5-18/h4-7,12-14,23H,8-11,15H2,1-3H3,(H,27,34)/t23-/m1/s1. The fourth-order valence-electron chi connectivity index (χ4n) is 4.77. The zero-order valence-electron chi connectivity index (χ0n) is 19.6. The van der Waals surface area contributed by atoms with E-state index in [1.54, 1.807) is 16.8 Å². The largest absolute Gasteiger partial charge is 0.321 e. The van der Waals surface area contributed by atoms with Crippen LogP contribution in [0, 0.1) is 19.7 Å². The molecule has 1 saturated heterocycles. The van der Waals surface area contributed by atoms with Crippen LogP contribution in [0.15, 0.2) is 47.3 Å². The molecule has 1 aliphatic rings. The molecule has 2 aromatic heterocycles. The summed E-state index contributed by atoms with van der Waals surface area (Å²) in [5, 5.41) is 13.5. The maximum absolute atomic E-state index is 13.4. The minimum Gasteiger partial charge on any atom is -0.321 e. The molecular formula is C25H28FN7O. The highest BCUT2D eigenvalue weighted by atomic mass is 19.1. The Kier molecular flexibility index (Phi) is 5.97. The van der Waals surface area contributed by atoms with Crippen LogP contribution >= 0.6 is 0 Å². The molecule has 0 unspecified atom stereocenters. The Morgan fingerprint density at radius 1 is 1.06 bits per heavy atom. The SMILES string of the molecule is Cc1cc(C)c2[nH]c(=O)c([C@H](c3nnnn3Cc3ccc(F)cc3)N3CCN(C)CC3)cc2c1. The molecule has 0 amide bonds. The van der Waals surface area contributed by atoms with E-state index >= 15 is 0 Å². The Morgan fingerprint density at radius 2 is 1.79 bits per heavy atom. The summed E-state index contributed by atoms with van der Waals surface area (Å²) in [6, 6.07) is 12.0. The molecule has 3 heterocycles. The maximum Gasteiger partial charge on any atom is 0.253 e. The average molecular weight is 462 g/mol. The van der Waals surface area contributed by atoms with Gasteiger partial charge < -0.3 is 9.88 Å². The monoisotopic (exact) mass is 461 g/mol. The van der Waals surface area contributed by atoms with Crippen LogP contribution in [0.3, 0.4) is 0 Å². The Hall–Kier alpha value is -3.43. The predicted octanol–water partition coefficient (Wildman–Crippen LogP) is 2.66. The van der Waals surface area contributed by atoms with Gasteiger partial charge in [0, 0.05) is 31.7 Å². The van der Waals surface area contributed by atoms with Crippen molar-refractivity contribution in [1.82, 2.24) is 35.0 Å². The van der Waals surface area contributed by atoms with E-state index in [0.717, 1.165) is 53.8 Å². The Morgan fingerprint density at radius 3 is 2.53 bits per heavy atom. The zero-order chi connectivity index (χ0) is 23.8. The molecule has 0 aliphatic carbocycles. The number of fused-ring (bicyclic) bond motifs is 1. The number of H-pyrrole nitrogens is 1. The van der Waals surface area contributed by atoms with Crippen molar-refractivity contribution in [3.05, 3.63) is 86.7 Å². The third-order valence-electron chi connectivity index (χ3n) is 6.57. The number of hydrogen-bond donors (Lipinski definition) is 1. The van der Waals surface area contributed by atoms with Crippen LogP contribution in [-0.4, -0.2) is 68.2 Å². The quantitative estimate of drug-likeness (QED) is 0.492. The van der Waals surface area contributed by atoms with E-state index in [0.29, 0.717) is 17.9 Å². The summed E-state index contributed by atoms with van der Waals surface area (Å²) >= 11 is 0. The van der Waals surface area contributed by atoms with Crippen molar-refractivity contribution >= 4 is 10.9 Å². The van der Waals surface area contributed by atoms with Gasteiger partial charge in [-0.1, -0.05) is 23.8 Å². The first-order valence-electron chi connectivity index (χ1n) is 11.5. The summed E-state index contributed by atoms with van der Waals surface area (Å²) < 4.78 is 15.1. The number of benzene rings is 2. The van der Waals surface area contributed by atoms with Crippen molar-refractivity contribution in [1.29, 1.82) is 0 Å². The minimum absolute atomic E-state index is 0.139. The Labute approximate surface area is 197 Å². The van der Waals surface area contributed by atoms with Crippen molar-refractivity contribution in [3.8, 4) is 0 Å². The molecule has 4 aromatic rings. The van der Waals surface area contributed by atoms with Crippen molar-refractivity contribution in [2.45, 2.75) is 26.4 Å². The molecule has 1 aliphatic heterocycles. The van der Waals surface area contributed by atoms with Gasteiger partial charge in [0.25, 0.3) is 5.56 Å². The van der Waals surface area contributed by atoms with Gasteiger partial charge in [-0.05, 0) is 72.1 Å². The van der Waals surface area contributed by atoms with Crippen molar-refractivity contribution in [2.75, 3.05) is 33.2 Å². The lowest BCUT2D eigenvalue weighted by atomic mass is 10.00. The van der Waals surface area contributed by atoms with Crippen LogP contribution in [0.1, 0.15) is 34.1 Å². The number of tetrazole rings is 1. The summed E-state index contributed by atoms with van der Waals surface area (Å²) in [6.07, 6.45) is 0. The molecule has 5 rings (SSSR count). The minimum atomic E-state index is -0.405. The molecule has 34 heavy (non-hydrogen) atoms. The van der Waals surface area contributed by atoms with Gasteiger partial charge in [-0.15, -0.1) is 5.10 Å². The van der Waals surface area contributed by atoms with Crippen LogP contribution < -0.4 is 5.56 Å². The fraction of sp³-hybridized carbons (Fsp3) is 0.360.